The number of thioether (sulfide) groups is 1. The third-order valence-corrected chi connectivity index (χ3v) is 4.22. The van der Waals surface area contributed by atoms with Gasteiger partial charge in [0.05, 0.1) is 5.75 Å². The van der Waals surface area contributed by atoms with Gasteiger partial charge in [0, 0.05) is 17.7 Å². The largest absolute Gasteiger partial charge is 0.339 e. The maximum absolute atomic E-state index is 6.11. The van der Waals surface area contributed by atoms with E-state index in [0.29, 0.717) is 17.6 Å². The van der Waals surface area contributed by atoms with Crippen LogP contribution in [0.4, 0.5) is 0 Å². The lowest BCUT2D eigenvalue weighted by Crippen LogP contribution is -2.28. The van der Waals surface area contributed by atoms with Crippen molar-refractivity contribution in [2.24, 2.45) is 11.1 Å². The van der Waals surface area contributed by atoms with Crippen molar-refractivity contribution in [2.45, 2.75) is 70.9 Å². The van der Waals surface area contributed by atoms with E-state index in [0.717, 1.165) is 24.4 Å². The van der Waals surface area contributed by atoms with Crippen LogP contribution in [0, 0.1) is 5.41 Å². The van der Waals surface area contributed by atoms with Crippen LogP contribution in [-0.2, 0) is 12.2 Å². The molecule has 19 heavy (non-hydrogen) atoms. The summed E-state index contributed by atoms with van der Waals surface area (Å²) in [6.07, 6.45) is 2.77. The number of hydrogen-bond donors (Lipinski definition) is 1. The van der Waals surface area contributed by atoms with Crippen molar-refractivity contribution in [3.63, 3.8) is 0 Å². The van der Waals surface area contributed by atoms with Crippen molar-refractivity contribution in [1.82, 2.24) is 10.1 Å². The predicted molar refractivity (Wildman–Crippen MR) is 81.1 cm³/mol. The second-order valence-corrected chi connectivity index (χ2v) is 7.79. The first-order valence-electron chi connectivity index (χ1n) is 6.99. The summed E-state index contributed by atoms with van der Waals surface area (Å²) in [6, 6.07) is 0.0792. The van der Waals surface area contributed by atoms with Crippen LogP contribution >= 0.6 is 11.8 Å². The zero-order valence-electron chi connectivity index (χ0n) is 12.8. The summed E-state index contributed by atoms with van der Waals surface area (Å²) in [5.41, 5.74) is 6.34. The highest BCUT2D eigenvalue weighted by Gasteiger charge is 2.18. The highest BCUT2D eigenvalue weighted by molar-refractivity contribution is 7.99. The van der Waals surface area contributed by atoms with Crippen LogP contribution in [0.5, 0.6) is 0 Å². The van der Waals surface area contributed by atoms with E-state index in [4.69, 9.17) is 10.3 Å². The Hall–Kier alpha value is -0.550. The Morgan fingerprint density at radius 3 is 2.63 bits per heavy atom. The molecule has 0 saturated heterocycles. The minimum Gasteiger partial charge on any atom is -0.339 e. The fourth-order valence-corrected chi connectivity index (χ4v) is 2.64. The summed E-state index contributed by atoms with van der Waals surface area (Å²) < 4.78 is 5.26. The third-order valence-electron chi connectivity index (χ3n) is 2.89. The van der Waals surface area contributed by atoms with Crippen LogP contribution < -0.4 is 5.73 Å². The number of aromatic nitrogens is 2. The van der Waals surface area contributed by atoms with E-state index in [1.807, 2.05) is 11.8 Å². The summed E-state index contributed by atoms with van der Waals surface area (Å²) >= 11 is 1.86. The average molecular weight is 285 g/mol. The highest BCUT2D eigenvalue weighted by Crippen LogP contribution is 2.22. The van der Waals surface area contributed by atoms with E-state index in [1.54, 1.807) is 0 Å². The molecule has 0 aliphatic heterocycles. The van der Waals surface area contributed by atoms with Crippen molar-refractivity contribution in [3.05, 3.63) is 11.7 Å². The van der Waals surface area contributed by atoms with Gasteiger partial charge in [0.1, 0.15) is 0 Å². The smallest absolute Gasteiger partial charge is 0.228 e. The molecule has 2 atom stereocenters. The zero-order valence-corrected chi connectivity index (χ0v) is 13.6. The normalized spacial score (nSPS) is 15.5. The molecular weight excluding hydrogens is 258 g/mol. The minimum atomic E-state index is 0.0792. The average Bonchev–Trinajstić information content (AvgIpc) is 2.70. The van der Waals surface area contributed by atoms with Gasteiger partial charge in [-0.1, -0.05) is 39.8 Å². The first-order chi connectivity index (χ1) is 8.80. The van der Waals surface area contributed by atoms with E-state index < -0.39 is 0 Å². The van der Waals surface area contributed by atoms with Crippen LogP contribution in [0.1, 0.15) is 59.2 Å². The monoisotopic (exact) mass is 285 g/mol. The standard InChI is InChI=1S/C14H27N3OS/c1-6-10(2)19-9-12-16-13(18-17-12)7-11(15)8-14(3,4)5/h10-11H,6-9,15H2,1-5H3. The summed E-state index contributed by atoms with van der Waals surface area (Å²) in [5.74, 6) is 2.26. The van der Waals surface area contributed by atoms with E-state index in [9.17, 15) is 0 Å². The van der Waals surface area contributed by atoms with Crippen molar-refractivity contribution in [2.75, 3.05) is 0 Å². The molecule has 5 heteroatoms. The number of rotatable bonds is 7. The molecule has 0 aliphatic carbocycles. The summed E-state index contributed by atoms with van der Waals surface area (Å²) in [6.45, 7) is 11.0. The Bertz CT molecular complexity index is 373. The molecule has 0 radical (unpaired) electrons. The summed E-state index contributed by atoms with van der Waals surface area (Å²) in [5, 5.41) is 4.64. The quantitative estimate of drug-likeness (QED) is 0.831. The van der Waals surface area contributed by atoms with Crippen molar-refractivity contribution in [3.8, 4) is 0 Å². The maximum Gasteiger partial charge on any atom is 0.228 e. The van der Waals surface area contributed by atoms with Gasteiger partial charge in [0.2, 0.25) is 5.89 Å². The molecule has 110 valence electrons. The topological polar surface area (TPSA) is 64.9 Å². The lowest BCUT2D eigenvalue weighted by atomic mass is 9.87. The molecule has 1 rings (SSSR count). The van der Waals surface area contributed by atoms with Crippen molar-refractivity contribution in [1.29, 1.82) is 0 Å². The van der Waals surface area contributed by atoms with Gasteiger partial charge in [0.15, 0.2) is 5.82 Å². The van der Waals surface area contributed by atoms with E-state index in [1.165, 1.54) is 0 Å². The molecule has 4 nitrogen and oxygen atoms in total. The van der Waals surface area contributed by atoms with Crippen LogP contribution in [-0.4, -0.2) is 21.4 Å². The third kappa shape index (κ3) is 6.97. The van der Waals surface area contributed by atoms with Crippen molar-refractivity contribution >= 4 is 11.8 Å². The lowest BCUT2D eigenvalue weighted by Gasteiger charge is -2.21. The van der Waals surface area contributed by atoms with Crippen molar-refractivity contribution < 1.29 is 4.52 Å². The molecule has 0 bridgehead atoms. The first kappa shape index (κ1) is 16.5. The van der Waals surface area contributed by atoms with Gasteiger partial charge in [-0.05, 0) is 18.3 Å². The van der Waals surface area contributed by atoms with E-state index in [-0.39, 0.29) is 11.5 Å². The number of hydrogen-bond acceptors (Lipinski definition) is 5. The van der Waals surface area contributed by atoms with Gasteiger partial charge < -0.3 is 10.3 Å². The molecule has 0 amide bonds. The number of nitrogens with zero attached hydrogens (tertiary/aromatic N) is 2. The Kier molecular flexibility index (Phi) is 6.33. The number of nitrogens with two attached hydrogens (primary N) is 1. The molecule has 1 aromatic rings. The van der Waals surface area contributed by atoms with Crippen LogP contribution in [0.2, 0.25) is 0 Å². The molecule has 0 saturated carbocycles. The van der Waals surface area contributed by atoms with Gasteiger partial charge >= 0.3 is 0 Å². The fourth-order valence-electron chi connectivity index (χ4n) is 1.85. The van der Waals surface area contributed by atoms with E-state index >= 15 is 0 Å². The first-order valence-corrected chi connectivity index (χ1v) is 8.03. The Morgan fingerprint density at radius 1 is 1.37 bits per heavy atom. The maximum atomic E-state index is 6.11. The Balaban J connectivity index is 2.42. The molecular formula is C14H27N3OS. The van der Waals surface area contributed by atoms with Crippen LogP contribution in [0.3, 0.4) is 0 Å². The SMILES string of the molecule is CCC(C)SCc1noc(CC(N)CC(C)(C)C)n1. The Morgan fingerprint density at radius 2 is 2.05 bits per heavy atom. The van der Waals surface area contributed by atoms with Gasteiger partial charge in [0.25, 0.3) is 0 Å². The molecule has 2 N–H and O–H groups in total. The molecule has 2 unspecified atom stereocenters. The summed E-state index contributed by atoms with van der Waals surface area (Å²) in [4.78, 5) is 4.41. The van der Waals surface area contributed by atoms with Gasteiger partial charge in [-0.3, -0.25) is 0 Å². The van der Waals surface area contributed by atoms with Crippen LogP contribution in [0.25, 0.3) is 0 Å². The molecule has 0 aromatic carbocycles. The minimum absolute atomic E-state index is 0.0792. The second kappa shape index (κ2) is 7.29. The summed E-state index contributed by atoms with van der Waals surface area (Å²) in [7, 11) is 0. The molecule has 1 heterocycles. The van der Waals surface area contributed by atoms with Gasteiger partial charge in [-0.2, -0.15) is 16.7 Å². The highest BCUT2D eigenvalue weighted by atomic mass is 32.2. The Labute approximate surface area is 120 Å². The predicted octanol–water partition coefficient (Wildman–Crippen LogP) is 3.41. The fraction of sp³-hybridized carbons (Fsp3) is 0.857. The lowest BCUT2D eigenvalue weighted by molar-refractivity contribution is 0.312. The molecule has 1 aromatic heterocycles. The van der Waals surface area contributed by atoms with Gasteiger partial charge in [-0.15, -0.1) is 0 Å². The second-order valence-electron chi connectivity index (χ2n) is 6.36. The van der Waals surface area contributed by atoms with E-state index in [2.05, 4.69) is 44.8 Å². The molecule has 0 aliphatic rings. The zero-order chi connectivity index (χ0) is 14.5. The van der Waals surface area contributed by atoms with Crippen LogP contribution in [0.15, 0.2) is 4.52 Å². The van der Waals surface area contributed by atoms with Gasteiger partial charge in [-0.25, -0.2) is 0 Å². The molecule has 0 spiro atoms. The molecule has 0 fully saturated rings.